The second-order valence-electron chi connectivity index (χ2n) is 7.02. The number of rotatable bonds is 7. The third kappa shape index (κ3) is 6.37. The highest BCUT2D eigenvalue weighted by Crippen LogP contribution is 2.10. The number of carbonyl (C=O) groups is 2. The monoisotopic (exact) mass is 417 g/mol. The summed E-state index contributed by atoms with van der Waals surface area (Å²) in [5.74, 6) is 0.896. The van der Waals surface area contributed by atoms with Gasteiger partial charge in [0.2, 0.25) is 0 Å². The fourth-order valence-corrected chi connectivity index (χ4v) is 3.35. The van der Waals surface area contributed by atoms with Gasteiger partial charge in [0.15, 0.2) is 5.96 Å². The van der Waals surface area contributed by atoms with E-state index in [2.05, 4.69) is 10.2 Å². The van der Waals surface area contributed by atoms with Crippen LogP contribution in [-0.2, 0) is 11.3 Å². The number of aliphatic imine (C=N–C) groups is 1. The molecule has 1 heterocycles. The molecule has 2 amide bonds. The average Bonchev–Trinajstić information content (AvgIpc) is 2.78. The van der Waals surface area contributed by atoms with E-state index in [4.69, 9.17) is 9.73 Å². The number of piperazine rings is 1. The maximum atomic E-state index is 12.4. The van der Waals surface area contributed by atoms with Gasteiger partial charge in [0.1, 0.15) is 0 Å². The van der Waals surface area contributed by atoms with Crippen molar-refractivity contribution < 1.29 is 14.3 Å². The molecule has 1 aromatic rings. The van der Waals surface area contributed by atoms with E-state index in [0.29, 0.717) is 58.0 Å². The second-order valence-corrected chi connectivity index (χ2v) is 7.02. The lowest BCUT2D eigenvalue weighted by molar-refractivity contribution is 0.0772. The van der Waals surface area contributed by atoms with E-state index in [1.165, 1.54) is 0 Å². The highest BCUT2D eigenvalue weighted by atomic mass is 16.6. The average molecular weight is 418 g/mol. The molecule has 1 N–H and O–H groups in total. The maximum absolute atomic E-state index is 12.4. The fourth-order valence-electron chi connectivity index (χ4n) is 3.35. The molecule has 0 bridgehead atoms. The van der Waals surface area contributed by atoms with Crippen molar-refractivity contribution in [3.63, 3.8) is 0 Å². The topological polar surface area (TPSA) is 77.5 Å². The number of guanidine groups is 1. The van der Waals surface area contributed by atoms with E-state index in [-0.39, 0.29) is 12.0 Å². The molecule has 1 aromatic carbocycles. The molecule has 0 aromatic heterocycles. The van der Waals surface area contributed by atoms with Crippen LogP contribution < -0.4 is 5.32 Å². The first-order chi connectivity index (χ1) is 14.5. The molecule has 8 nitrogen and oxygen atoms in total. The van der Waals surface area contributed by atoms with Gasteiger partial charge in [-0.3, -0.25) is 4.79 Å². The standard InChI is InChI=1S/C22H35N5O3/c1-5-23-21(26-13-15-27(16-14-26)22(29)30-8-4)24-17-18-9-11-19(12-10-18)20(28)25(6-2)7-3/h9-12H,5-8,13-17H2,1-4H3,(H,23,24). The molecule has 166 valence electrons. The number of amides is 2. The Labute approximate surface area is 179 Å². The van der Waals surface area contributed by atoms with E-state index >= 15 is 0 Å². The van der Waals surface area contributed by atoms with E-state index in [9.17, 15) is 9.59 Å². The van der Waals surface area contributed by atoms with Gasteiger partial charge in [-0.15, -0.1) is 0 Å². The van der Waals surface area contributed by atoms with Gasteiger partial charge in [-0.25, -0.2) is 9.79 Å². The minimum absolute atomic E-state index is 0.0582. The number of nitrogens with zero attached hydrogens (tertiary/aromatic N) is 4. The first kappa shape index (κ1) is 23.5. The minimum atomic E-state index is -0.251. The van der Waals surface area contributed by atoms with Gasteiger partial charge in [0, 0.05) is 51.4 Å². The summed E-state index contributed by atoms with van der Waals surface area (Å²) in [5, 5.41) is 3.33. The molecule has 0 atom stereocenters. The highest BCUT2D eigenvalue weighted by molar-refractivity contribution is 5.94. The number of hydrogen-bond acceptors (Lipinski definition) is 4. The van der Waals surface area contributed by atoms with Crippen molar-refractivity contribution in [2.75, 3.05) is 52.4 Å². The molecular formula is C22H35N5O3. The number of benzene rings is 1. The molecule has 0 radical (unpaired) electrons. The third-order valence-electron chi connectivity index (χ3n) is 5.10. The summed E-state index contributed by atoms with van der Waals surface area (Å²) in [6, 6.07) is 7.66. The normalized spacial score (nSPS) is 14.5. The molecule has 0 spiro atoms. The van der Waals surface area contributed by atoms with Crippen LogP contribution in [-0.4, -0.2) is 85.1 Å². The SMILES string of the molecule is CCNC(=NCc1ccc(C(=O)N(CC)CC)cc1)N1CCN(C(=O)OCC)CC1. The third-order valence-corrected chi connectivity index (χ3v) is 5.10. The van der Waals surface area contributed by atoms with E-state index in [1.807, 2.05) is 56.9 Å². The fraction of sp³-hybridized carbons (Fsp3) is 0.591. The lowest BCUT2D eigenvalue weighted by atomic mass is 10.1. The van der Waals surface area contributed by atoms with Crippen LogP contribution in [0.15, 0.2) is 29.3 Å². The molecule has 1 aliphatic heterocycles. The number of hydrogen-bond donors (Lipinski definition) is 1. The van der Waals surface area contributed by atoms with Crippen LogP contribution >= 0.6 is 0 Å². The lowest BCUT2D eigenvalue weighted by Gasteiger charge is -2.35. The van der Waals surface area contributed by atoms with Crippen LogP contribution in [0.5, 0.6) is 0 Å². The number of carbonyl (C=O) groups excluding carboxylic acids is 2. The van der Waals surface area contributed by atoms with Crippen molar-refractivity contribution in [2.45, 2.75) is 34.2 Å². The summed E-state index contributed by atoms with van der Waals surface area (Å²) in [6.07, 6.45) is -0.251. The van der Waals surface area contributed by atoms with Crippen molar-refractivity contribution >= 4 is 18.0 Å². The Hall–Kier alpha value is -2.77. The van der Waals surface area contributed by atoms with Crippen LogP contribution in [0, 0.1) is 0 Å². The van der Waals surface area contributed by atoms with Gasteiger partial charge < -0.3 is 24.8 Å². The Bertz CT molecular complexity index is 708. The summed E-state index contributed by atoms with van der Waals surface area (Å²) in [6.45, 7) is 13.6. The van der Waals surface area contributed by atoms with Crippen molar-refractivity contribution in [1.29, 1.82) is 0 Å². The number of ether oxygens (including phenoxy) is 1. The van der Waals surface area contributed by atoms with Crippen molar-refractivity contribution in [2.24, 2.45) is 4.99 Å². The quantitative estimate of drug-likeness (QED) is 0.545. The van der Waals surface area contributed by atoms with Gasteiger partial charge in [-0.05, 0) is 45.4 Å². The Kier molecular flexibility index (Phi) is 9.44. The van der Waals surface area contributed by atoms with Crippen LogP contribution in [0.1, 0.15) is 43.6 Å². The van der Waals surface area contributed by atoms with Crippen molar-refractivity contribution in [3.05, 3.63) is 35.4 Å². The van der Waals surface area contributed by atoms with Crippen LogP contribution in [0.2, 0.25) is 0 Å². The zero-order valence-electron chi connectivity index (χ0n) is 18.7. The molecule has 8 heteroatoms. The lowest BCUT2D eigenvalue weighted by Crippen LogP contribution is -2.53. The minimum Gasteiger partial charge on any atom is -0.450 e. The summed E-state index contributed by atoms with van der Waals surface area (Å²) in [4.78, 5) is 34.8. The Morgan fingerprint density at radius 2 is 1.60 bits per heavy atom. The molecule has 0 unspecified atom stereocenters. The summed E-state index contributed by atoms with van der Waals surface area (Å²) in [5.41, 5.74) is 1.75. The molecule has 1 aliphatic rings. The molecule has 2 rings (SSSR count). The largest absolute Gasteiger partial charge is 0.450 e. The Morgan fingerprint density at radius 3 is 2.13 bits per heavy atom. The maximum Gasteiger partial charge on any atom is 0.409 e. The van der Waals surface area contributed by atoms with Gasteiger partial charge >= 0.3 is 6.09 Å². The second kappa shape index (κ2) is 12.0. The Morgan fingerprint density at radius 1 is 1.00 bits per heavy atom. The molecule has 0 saturated carbocycles. The zero-order valence-corrected chi connectivity index (χ0v) is 18.7. The van der Waals surface area contributed by atoms with E-state index < -0.39 is 0 Å². The van der Waals surface area contributed by atoms with Gasteiger partial charge in [0.05, 0.1) is 13.2 Å². The van der Waals surface area contributed by atoms with Gasteiger partial charge in [0.25, 0.3) is 5.91 Å². The Balaban J connectivity index is 1.98. The zero-order chi connectivity index (χ0) is 21.9. The predicted octanol–water partition coefficient (Wildman–Crippen LogP) is 2.41. The summed E-state index contributed by atoms with van der Waals surface area (Å²) in [7, 11) is 0. The smallest absolute Gasteiger partial charge is 0.409 e. The van der Waals surface area contributed by atoms with Gasteiger partial charge in [-0.2, -0.15) is 0 Å². The van der Waals surface area contributed by atoms with Crippen LogP contribution in [0.25, 0.3) is 0 Å². The van der Waals surface area contributed by atoms with Crippen LogP contribution in [0.4, 0.5) is 4.79 Å². The van der Waals surface area contributed by atoms with Crippen molar-refractivity contribution in [1.82, 2.24) is 20.0 Å². The van der Waals surface area contributed by atoms with E-state index in [0.717, 1.165) is 18.1 Å². The molecule has 30 heavy (non-hydrogen) atoms. The summed E-state index contributed by atoms with van der Waals surface area (Å²) < 4.78 is 5.08. The summed E-state index contributed by atoms with van der Waals surface area (Å²) >= 11 is 0. The van der Waals surface area contributed by atoms with E-state index in [1.54, 1.807) is 4.90 Å². The van der Waals surface area contributed by atoms with Crippen molar-refractivity contribution in [3.8, 4) is 0 Å². The first-order valence-electron chi connectivity index (χ1n) is 10.9. The first-order valence-corrected chi connectivity index (χ1v) is 10.9. The number of nitrogens with one attached hydrogen (secondary N) is 1. The molecule has 0 aliphatic carbocycles. The van der Waals surface area contributed by atoms with Gasteiger partial charge in [-0.1, -0.05) is 12.1 Å². The molecule has 1 fully saturated rings. The predicted molar refractivity (Wildman–Crippen MR) is 119 cm³/mol. The van der Waals surface area contributed by atoms with Crippen LogP contribution in [0.3, 0.4) is 0 Å². The molecule has 1 saturated heterocycles. The molecular weight excluding hydrogens is 382 g/mol. The highest BCUT2D eigenvalue weighted by Gasteiger charge is 2.23.